The van der Waals surface area contributed by atoms with Crippen molar-refractivity contribution in [3.63, 3.8) is 0 Å². The number of nitrogens with zero attached hydrogens (tertiary/aromatic N) is 1. The summed E-state index contributed by atoms with van der Waals surface area (Å²) in [5.74, 6) is -1.76. The van der Waals surface area contributed by atoms with Crippen molar-refractivity contribution < 1.29 is 23.8 Å². The molecule has 7 heteroatoms. The maximum Gasteiger partial charge on any atom is 0.304 e. The van der Waals surface area contributed by atoms with Crippen LogP contribution in [0.25, 0.3) is 0 Å². The van der Waals surface area contributed by atoms with Crippen LogP contribution < -0.4 is 5.32 Å². The number of hydrogen-bond acceptors (Lipinski definition) is 5. The molecular weight excluding hydrogens is 372 g/mol. The molecule has 0 unspecified atom stereocenters. The summed E-state index contributed by atoms with van der Waals surface area (Å²) >= 11 is 0. The van der Waals surface area contributed by atoms with Gasteiger partial charge in [0.1, 0.15) is 11.6 Å². The minimum Gasteiger partial charge on any atom is -0.343 e. The van der Waals surface area contributed by atoms with Crippen molar-refractivity contribution in [1.82, 2.24) is 10.2 Å². The van der Waals surface area contributed by atoms with Gasteiger partial charge in [0.25, 0.3) is 0 Å². The molecule has 2 bridgehead atoms. The molecule has 3 fully saturated rings. The van der Waals surface area contributed by atoms with E-state index < -0.39 is 17.6 Å². The first-order valence-corrected chi connectivity index (χ1v) is 10.1. The lowest BCUT2D eigenvalue weighted by Gasteiger charge is -2.52. The van der Waals surface area contributed by atoms with Gasteiger partial charge in [-0.15, -0.1) is 0 Å². The molecule has 1 aromatic rings. The SMILES string of the molecule is CC(=O)N([C@@H](C)c1ccccc1)C(C)(C)C(=O)N[C@@H](C)C12OCC(C)(CO1)CO2. The number of carbonyl (C=O) groups excluding carboxylic acids is 2. The third-order valence-corrected chi connectivity index (χ3v) is 5.91. The fourth-order valence-electron chi connectivity index (χ4n) is 4.05. The molecule has 3 aliphatic rings. The zero-order chi connectivity index (χ0) is 21.4. The zero-order valence-electron chi connectivity index (χ0n) is 18.2. The molecule has 29 heavy (non-hydrogen) atoms. The third-order valence-electron chi connectivity index (χ3n) is 5.91. The number of hydrogen-bond donors (Lipinski definition) is 1. The van der Waals surface area contributed by atoms with E-state index in [-0.39, 0.29) is 23.3 Å². The number of fused-ring (bicyclic) bond motifs is 3. The van der Waals surface area contributed by atoms with E-state index in [0.717, 1.165) is 5.56 Å². The van der Waals surface area contributed by atoms with E-state index in [1.54, 1.807) is 25.7 Å². The van der Waals surface area contributed by atoms with Crippen LogP contribution in [0.1, 0.15) is 53.1 Å². The quantitative estimate of drug-likeness (QED) is 0.789. The van der Waals surface area contributed by atoms with Crippen LogP contribution in [0.15, 0.2) is 30.3 Å². The van der Waals surface area contributed by atoms with E-state index in [2.05, 4.69) is 5.32 Å². The standard InChI is InChI=1S/C22H32N2O5/c1-15(18-10-8-7-9-11-18)24(17(3)25)20(4,5)19(26)23-16(2)22-27-12-21(6,13-28-22)14-29-22/h7-11,15-16H,12-14H2,1-6H3,(H,23,26)/t15-,16-,21?,22?/m0/s1. The Morgan fingerprint density at radius 1 is 1.07 bits per heavy atom. The molecule has 1 aromatic carbocycles. The van der Waals surface area contributed by atoms with Gasteiger partial charge in [-0.2, -0.15) is 0 Å². The van der Waals surface area contributed by atoms with Gasteiger partial charge in [0.05, 0.1) is 25.9 Å². The monoisotopic (exact) mass is 404 g/mol. The number of rotatable bonds is 6. The third kappa shape index (κ3) is 4.04. The van der Waals surface area contributed by atoms with Crippen molar-refractivity contribution in [1.29, 1.82) is 0 Å². The van der Waals surface area contributed by atoms with Gasteiger partial charge in [-0.05, 0) is 33.3 Å². The normalized spacial score (nSPS) is 28.5. The molecule has 3 aliphatic heterocycles. The minimum atomic E-state index is -1.28. The van der Waals surface area contributed by atoms with Gasteiger partial charge in [0.2, 0.25) is 11.8 Å². The highest BCUT2D eigenvalue weighted by Gasteiger charge is 2.54. The van der Waals surface area contributed by atoms with Crippen LogP contribution in [-0.4, -0.2) is 54.1 Å². The van der Waals surface area contributed by atoms with Crippen LogP contribution >= 0.6 is 0 Å². The van der Waals surface area contributed by atoms with Crippen molar-refractivity contribution in [3.05, 3.63) is 35.9 Å². The topological polar surface area (TPSA) is 77.1 Å². The molecule has 2 amide bonds. The molecule has 0 radical (unpaired) electrons. The molecule has 1 N–H and O–H groups in total. The van der Waals surface area contributed by atoms with Gasteiger partial charge in [0.15, 0.2) is 0 Å². The van der Waals surface area contributed by atoms with Crippen LogP contribution in [0.3, 0.4) is 0 Å². The average molecular weight is 405 g/mol. The molecule has 2 atom stereocenters. The van der Waals surface area contributed by atoms with Crippen LogP contribution in [-0.2, 0) is 23.8 Å². The second kappa shape index (κ2) is 7.70. The number of benzene rings is 1. The van der Waals surface area contributed by atoms with Gasteiger partial charge in [0, 0.05) is 12.3 Å². The lowest BCUT2D eigenvalue weighted by Crippen LogP contribution is -2.68. The Balaban J connectivity index is 1.76. The molecule has 4 rings (SSSR count). The van der Waals surface area contributed by atoms with Crippen molar-refractivity contribution in [3.8, 4) is 0 Å². The van der Waals surface area contributed by atoms with Gasteiger partial charge in [-0.25, -0.2) is 0 Å². The fourth-order valence-corrected chi connectivity index (χ4v) is 4.05. The lowest BCUT2D eigenvalue weighted by atomic mass is 9.91. The highest BCUT2D eigenvalue weighted by Crippen LogP contribution is 2.40. The second-order valence-corrected chi connectivity index (χ2v) is 9.01. The number of carbonyl (C=O) groups is 2. The average Bonchev–Trinajstić information content (AvgIpc) is 2.69. The Bertz CT molecular complexity index is 739. The summed E-state index contributed by atoms with van der Waals surface area (Å²) in [6.07, 6.45) is 0. The smallest absolute Gasteiger partial charge is 0.304 e. The zero-order valence-corrected chi connectivity index (χ0v) is 18.2. The van der Waals surface area contributed by atoms with E-state index in [0.29, 0.717) is 19.8 Å². The molecule has 0 spiro atoms. The Labute approximate surface area is 172 Å². The summed E-state index contributed by atoms with van der Waals surface area (Å²) in [6.45, 7) is 12.3. The molecule has 160 valence electrons. The summed E-state index contributed by atoms with van der Waals surface area (Å²) in [5, 5.41) is 2.95. The minimum absolute atomic E-state index is 0.151. The predicted octanol–water partition coefficient (Wildman–Crippen LogP) is 2.62. The van der Waals surface area contributed by atoms with Crippen molar-refractivity contribution in [2.45, 2.75) is 65.1 Å². The van der Waals surface area contributed by atoms with E-state index in [1.165, 1.54) is 6.92 Å². The molecular formula is C22H32N2O5. The van der Waals surface area contributed by atoms with Gasteiger partial charge in [-0.3, -0.25) is 9.59 Å². The van der Waals surface area contributed by atoms with E-state index in [4.69, 9.17) is 14.2 Å². The first kappa shape index (κ1) is 21.7. The molecule has 3 heterocycles. The van der Waals surface area contributed by atoms with E-state index in [9.17, 15) is 9.59 Å². The second-order valence-electron chi connectivity index (χ2n) is 9.01. The molecule has 3 saturated heterocycles. The van der Waals surface area contributed by atoms with Gasteiger partial charge in [-0.1, -0.05) is 37.3 Å². The summed E-state index contributed by atoms with van der Waals surface area (Å²) in [7, 11) is 0. The van der Waals surface area contributed by atoms with Gasteiger partial charge < -0.3 is 24.4 Å². The summed E-state index contributed by atoms with van der Waals surface area (Å²) in [5.41, 5.74) is -0.283. The molecule has 0 saturated carbocycles. The fraction of sp³-hybridized carbons (Fsp3) is 0.636. The maximum atomic E-state index is 13.3. The van der Waals surface area contributed by atoms with Crippen LogP contribution in [0.4, 0.5) is 0 Å². The van der Waals surface area contributed by atoms with Crippen LogP contribution in [0, 0.1) is 5.41 Å². The van der Waals surface area contributed by atoms with Crippen LogP contribution in [0.2, 0.25) is 0 Å². The van der Waals surface area contributed by atoms with E-state index in [1.807, 2.05) is 44.2 Å². The number of nitrogens with one attached hydrogen (secondary N) is 1. The van der Waals surface area contributed by atoms with Gasteiger partial charge >= 0.3 is 5.97 Å². The summed E-state index contributed by atoms with van der Waals surface area (Å²) < 4.78 is 17.5. The Morgan fingerprint density at radius 2 is 1.59 bits per heavy atom. The van der Waals surface area contributed by atoms with Crippen molar-refractivity contribution in [2.75, 3.05) is 19.8 Å². The first-order valence-electron chi connectivity index (χ1n) is 10.1. The van der Waals surface area contributed by atoms with Crippen molar-refractivity contribution >= 4 is 11.8 Å². The summed E-state index contributed by atoms with van der Waals surface area (Å²) in [6, 6.07) is 8.86. The highest BCUT2D eigenvalue weighted by molar-refractivity contribution is 5.90. The number of ether oxygens (including phenoxy) is 3. The summed E-state index contributed by atoms with van der Waals surface area (Å²) in [4.78, 5) is 27.4. The molecule has 0 aromatic heterocycles. The Hall–Kier alpha value is -1.96. The lowest BCUT2D eigenvalue weighted by molar-refractivity contribution is -0.472. The van der Waals surface area contributed by atoms with Crippen LogP contribution in [0.5, 0.6) is 0 Å². The Kier molecular flexibility index (Phi) is 5.77. The molecule has 7 nitrogen and oxygen atoms in total. The Morgan fingerprint density at radius 3 is 2.07 bits per heavy atom. The molecule has 0 aliphatic carbocycles. The first-order chi connectivity index (χ1) is 13.5. The number of amides is 2. The van der Waals surface area contributed by atoms with Crippen molar-refractivity contribution in [2.24, 2.45) is 5.41 Å². The predicted molar refractivity (Wildman–Crippen MR) is 108 cm³/mol. The van der Waals surface area contributed by atoms with E-state index >= 15 is 0 Å². The largest absolute Gasteiger partial charge is 0.343 e. The highest BCUT2D eigenvalue weighted by atomic mass is 16.9. The maximum absolute atomic E-state index is 13.3.